The van der Waals surface area contributed by atoms with Crippen LogP contribution in [0.2, 0.25) is 0 Å². The number of carbonyl (C=O) groups is 1. The van der Waals surface area contributed by atoms with Gasteiger partial charge in [0.2, 0.25) is 15.9 Å². The molecule has 0 aliphatic carbocycles. The van der Waals surface area contributed by atoms with Gasteiger partial charge in [0.15, 0.2) is 0 Å². The van der Waals surface area contributed by atoms with Gasteiger partial charge in [-0.25, -0.2) is 17.7 Å². The van der Waals surface area contributed by atoms with Gasteiger partial charge in [-0.1, -0.05) is 12.1 Å². The van der Waals surface area contributed by atoms with Crippen molar-refractivity contribution in [1.82, 2.24) is 18.8 Å². The minimum Gasteiger partial charge on any atom is -0.334 e. The molecule has 1 amide bonds. The predicted octanol–water partition coefficient (Wildman–Crippen LogP) is 3.03. The van der Waals surface area contributed by atoms with Gasteiger partial charge in [0.25, 0.3) is 0 Å². The minimum absolute atomic E-state index is 0.0335. The number of thiophene rings is 1. The monoisotopic (exact) mass is 446 g/mol. The molecular formula is C21H26N4O3S2. The third-order valence-corrected chi connectivity index (χ3v) is 7.59. The second kappa shape index (κ2) is 9.11. The van der Waals surface area contributed by atoms with Crippen LogP contribution in [0, 0.1) is 0 Å². The number of nitrogens with zero attached hydrogens (tertiary/aromatic N) is 4. The van der Waals surface area contributed by atoms with E-state index in [-0.39, 0.29) is 10.8 Å². The van der Waals surface area contributed by atoms with E-state index in [2.05, 4.69) is 11.6 Å². The molecule has 0 spiro atoms. The smallest absolute Gasteiger partial charge is 0.242 e. The average Bonchev–Trinajstić information content (AvgIpc) is 3.33. The second-order valence-corrected chi connectivity index (χ2v) is 10.4. The predicted molar refractivity (Wildman–Crippen MR) is 120 cm³/mol. The van der Waals surface area contributed by atoms with Crippen LogP contribution in [0.25, 0.3) is 11.0 Å². The van der Waals surface area contributed by atoms with Crippen molar-refractivity contribution in [1.29, 1.82) is 0 Å². The Labute approximate surface area is 181 Å². The zero-order valence-electron chi connectivity index (χ0n) is 17.4. The summed E-state index contributed by atoms with van der Waals surface area (Å²) in [5.74, 6) is 0.777. The van der Waals surface area contributed by atoms with Crippen molar-refractivity contribution >= 4 is 38.3 Å². The first kappa shape index (κ1) is 22.2. The molecule has 30 heavy (non-hydrogen) atoms. The first-order valence-corrected chi connectivity index (χ1v) is 11.8. The SMILES string of the molecule is C=CCN(Cc1cccs1)C(=O)CCc1nc2cc(S(=O)(=O)N(C)C)ccc2n1C. The lowest BCUT2D eigenvalue weighted by Gasteiger charge is -2.20. The summed E-state index contributed by atoms with van der Waals surface area (Å²) in [6.07, 6.45) is 2.52. The van der Waals surface area contributed by atoms with Gasteiger partial charge in [0.05, 0.1) is 22.5 Å². The van der Waals surface area contributed by atoms with Crippen LogP contribution >= 0.6 is 11.3 Å². The highest BCUT2D eigenvalue weighted by atomic mass is 32.2. The summed E-state index contributed by atoms with van der Waals surface area (Å²) in [6, 6.07) is 8.91. The van der Waals surface area contributed by atoms with Crippen LogP contribution in [0.15, 0.2) is 53.3 Å². The maximum atomic E-state index is 12.8. The van der Waals surface area contributed by atoms with E-state index in [1.54, 1.807) is 40.5 Å². The summed E-state index contributed by atoms with van der Waals surface area (Å²) in [6.45, 7) is 4.81. The largest absolute Gasteiger partial charge is 0.334 e. The lowest BCUT2D eigenvalue weighted by Crippen LogP contribution is -2.30. The zero-order valence-corrected chi connectivity index (χ0v) is 19.0. The van der Waals surface area contributed by atoms with E-state index in [4.69, 9.17) is 0 Å². The van der Waals surface area contributed by atoms with Gasteiger partial charge in [-0.05, 0) is 29.6 Å². The molecule has 1 aromatic carbocycles. The molecule has 0 saturated carbocycles. The molecule has 0 fully saturated rings. The van der Waals surface area contributed by atoms with Crippen LogP contribution in [0.3, 0.4) is 0 Å². The highest BCUT2D eigenvalue weighted by molar-refractivity contribution is 7.89. The number of fused-ring (bicyclic) bond motifs is 1. The molecular weight excluding hydrogens is 420 g/mol. The van der Waals surface area contributed by atoms with Crippen LogP contribution in [0.5, 0.6) is 0 Å². The van der Waals surface area contributed by atoms with Crippen LogP contribution in [0.1, 0.15) is 17.1 Å². The molecule has 7 nitrogen and oxygen atoms in total. The highest BCUT2D eigenvalue weighted by Gasteiger charge is 2.20. The number of amides is 1. The summed E-state index contributed by atoms with van der Waals surface area (Å²) < 4.78 is 27.9. The van der Waals surface area contributed by atoms with Crippen LogP contribution in [-0.2, 0) is 34.8 Å². The van der Waals surface area contributed by atoms with Crippen molar-refractivity contribution in [2.24, 2.45) is 7.05 Å². The van der Waals surface area contributed by atoms with Gasteiger partial charge in [-0.3, -0.25) is 4.79 Å². The number of rotatable bonds is 9. The fourth-order valence-corrected chi connectivity index (χ4v) is 4.84. The fourth-order valence-electron chi connectivity index (χ4n) is 3.20. The number of aryl methyl sites for hydroxylation is 2. The number of aromatic nitrogens is 2. The number of hydrogen-bond acceptors (Lipinski definition) is 5. The molecule has 0 aliphatic heterocycles. The van der Waals surface area contributed by atoms with E-state index >= 15 is 0 Å². The van der Waals surface area contributed by atoms with Gasteiger partial charge in [0.1, 0.15) is 5.82 Å². The molecule has 0 unspecified atom stereocenters. The Hall–Kier alpha value is -2.49. The van der Waals surface area contributed by atoms with Crippen molar-refractivity contribution in [3.63, 3.8) is 0 Å². The van der Waals surface area contributed by atoms with Gasteiger partial charge in [0, 0.05) is 45.4 Å². The van der Waals surface area contributed by atoms with Crippen molar-refractivity contribution in [2.45, 2.75) is 24.3 Å². The molecule has 0 aliphatic rings. The molecule has 0 radical (unpaired) electrons. The number of carbonyl (C=O) groups excluding carboxylic acids is 1. The Morgan fingerprint density at radius 3 is 2.70 bits per heavy atom. The van der Waals surface area contributed by atoms with E-state index in [0.717, 1.165) is 16.2 Å². The number of benzene rings is 1. The van der Waals surface area contributed by atoms with Gasteiger partial charge < -0.3 is 9.47 Å². The molecule has 2 aromatic heterocycles. The van der Waals surface area contributed by atoms with Gasteiger partial charge in [-0.15, -0.1) is 17.9 Å². The average molecular weight is 447 g/mol. The van der Waals surface area contributed by atoms with Crippen LogP contribution in [0.4, 0.5) is 0 Å². The van der Waals surface area contributed by atoms with E-state index in [9.17, 15) is 13.2 Å². The fraction of sp³-hybridized carbons (Fsp3) is 0.333. The lowest BCUT2D eigenvalue weighted by molar-refractivity contribution is -0.131. The molecule has 0 N–H and O–H groups in total. The molecule has 3 aromatic rings. The van der Waals surface area contributed by atoms with Crippen molar-refractivity contribution < 1.29 is 13.2 Å². The second-order valence-electron chi connectivity index (χ2n) is 7.17. The van der Waals surface area contributed by atoms with Gasteiger partial charge in [-0.2, -0.15) is 0 Å². The molecule has 160 valence electrons. The Morgan fingerprint density at radius 2 is 2.07 bits per heavy atom. The van der Waals surface area contributed by atoms with E-state index < -0.39 is 10.0 Å². The lowest BCUT2D eigenvalue weighted by atomic mass is 10.2. The van der Waals surface area contributed by atoms with Crippen molar-refractivity contribution in [3.8, 4) is 0 Å². The van der Waals surface area contributed by atoms with Crippen LogP contribution in [-0.4, -0.2) is 53.7 Å². The Morgan fingerprint density at radius 1 is 1.30 bits per heavy atom. The zero-order chi connectivity index (χ0) is 21.9. The molecule has 0 atom stereocenters. The Balaban J connectivity index is 1.77. The third kappa shape index (κ3) is 4.63. The van der Waals surface area contributed by atoms with E-state index in [0.29, 0.717) is 31.4 Å². The summed E-state index contributed by atoms with van der Waals surface area (Å²) >= 11 is 1.62. The first-order valence-electron chi connectivity index (χ1n) is 9.53. The topological polar surface area (TPSA) is 75.5 Å². The summed E-state index contributed by atoms with van der Waals surface area (Å²) in [4.78, 5) is 20.5. The number of hydrogen-bond donors (Lipinski definition) is 0. The molecule has 3 rings (SSSR count). The first-order chi connectivity index (χ1) is 14.2. The molecule has 0 saturated heterocycles. The van der Waals surface area contributed by atoms with E-state index in [1.807, 2.05) is 29.1 Å². The summed E-state index contributed by atoms with van der Waals surface area (Å²) in [5.41, 5.74) is 1.43. The third-order valence-electron chi connectivity index (χ3n) is 4.91. The quantitative estimate of drug-likeness (QED) is 0.474. The molecule has 9 heteroatoms. The van der Waals surface area contributed by atoms with Gasteiger partial charge >= 0.3 is 0 Å². The highest BCUT2D eigenvalue weighted by Crippen LogP contribution is 2.22. The van der Waals surface area contributed by atoms with Crippen molar-refractivity contribution in [2.75, 3.05) is 20.6 Å². The molecule has 0 bridgehead atoms. The van der Waals surface area contributed by atoms with E-state index in [1.165, 1.54) is 18.4 Å². The van der Waals surface area contributed by atoms with Crippen molar-refractivity contribution in [3.05, 3.63) is 59.1 Å². The maximum absolute atomic E-state index is 12.8. The minimum atomic E-state index is -3.53. The summed E-state index contributed by atoms with van der Waals surface area (Å²) in [5, 5.41) is 2.00. The number of imidazole rings is 1. The standard InChI is InChI=1S/C21H26N4O3S2/c1-5-12-25(15-16-7-6-13-29-16)21(26)11-10-20-22-18-14-17(30(27,28)23(2)3)8-9-19(18)24(20)4/h5-9,13-14H,1,10-12,15H2,2-4H3. The normalized spacial score (nSPS) is 11.9. The maximum Gasteiger partial charge on any atom is 0.242 e. The summed E-state index contributed by atoms with van der Waals surface area (Å²) in [7, 11) is 1.35. The Kier molecular flexibility index (Phi) is 6.74. The molecule has 2 heterocycles. The number of sulfonamides is 1. The van der Waals surface area contributed by atoms with Crippen LogP contribution < -0.4 is 0 Å². The Bertz CT molecular complexity index is 1150.